The Hall–Kier alpha value is -1.32. The third-order valence-corrected chi connectivity index (χ3v) is 4.39. The van der Waals surface area contributed by atoms with Crippen molar-refractivity contribution in [3.63, 3.8) is 0 Å². The third-order valence-electron chi connectivity index (χ3n) is 2.57. The predicted octanol–water partition coefficient (Wildman–Crippen LogP) is 4.41. The van der Waals surface area contributed by atoms with Crippen molar-refractivity contribution in [2.45, 2.75) is 37.0 Å². The summed E-state index contributed by atoms with van der Waals surface area (Å²) in [5, 5.41) is 0. The van der Waals surface area contributed by atoms with Crippen molar-refractivity contribution in [3.05, 3.63) is 11.6 Å². The fourth-order valence-corrected chi connectivity index (χ4v) is 3.58. The molecule has 1 aromatic carbocycles. The Kier molecular flexibility index (Phi) is 7.34. The number of hydrogen-bond donors (Lipinski definition) is 0. The van der Waals surface area contributed by atoms with Crippen LogP contribution in [-0.4, -0.2) is 23.7 Å². The summed E-state index contributed by atoms with van der Waals surface area (Å²) in [6.07, 6.45) is 3.82. The predicted molar refractivity (Wildman–Crippen MR) is 84.2 cm³/mol. The molecule has 0 aromatic heterocycles. The first-order valence-electron chi connectivity index (χ1n) is 6.34. The molecule has 0 aliphatic carbocycles. The molecule has 0 spiro atoms. The summed E-state index contributed by atoms with van der Waals surface area (Å²) in [4.78, 5) is 30.8. The number of rotatable bonds is 7. The van der Waals surface area contributed by atoms with Crippen molar-refractivity contribution in [2.24, 2.45) is 9.98 Å². The summed E-state index contributed by atoms with van der Waals surface area (Å²) in [7, 11) is 0. The Labute approximate surface area is 127 Å². The van der Waals surface area contributed by atoms with Crippen LogP contribution in [-0.2, 0) is 16.0 Å². The molecule has 0 fully saturated rings. The van der Waals surface area contributed by atoms with Gasteiger partial charge in [0.1, 0.15) is 0 Å². The third kappa shape index (κ3) is 3.84. The zero-order valence-corrected chi connectivity index (χ0v) is 13.4. The van der Waals surface area contributed by atoms with E-state index in [0.29, 0.717) is 17.8 Å². The molecule has 1 rings (SSSR count). The summed E-state index contributed by atoms with van der Waals surface area (Å²) in [5.74, 6) is 1.74. The molecule has 4 nitrogen and oxygen atoms in total. The summed E-state index contributed by atoms with van der Waals surface area (Å²) in [6, 6.07) is 1.94. The summed E-state index contributed by atoms with van der Waals surface area (Å²) >= 11 is 3.22. The number of thioether (sulfide) groups is 2. The molecule has 0 heterocycles. The summed E-state index contributed by atoms with van der Waals surface area (Å²) < 4.78 is 0. The Morgan fingerprint density at radius 2 is 1.40 bits per heavy atom. The van der Waals surface area contributed by atoms with Gasteiger partial charge in [0.2, 0.25) is 12.2 Å². The number of benzene rings is 1. The van der Waals surface area contributed by atoms with Gasteiger partial charge in [-0.1, -0.05) is 20.8 Å². The van der Waals surface area contributed by atoms with E-state index in [1.54, 1.807) is 35.7 Å². The first-order valence-corrected chi connectivity index (χ1v) is 8.31. The van der Waals surface area contributed by atoms with Crippen molar-refractivity contribution in [1.82, 2.24) is 0 Å². The minimum absolute atomic E-state index is 0.573. The molecule has 0 saturated heterocycles. The lowest BCUT2D eigenvalue weighted by Gasteiger charge is -2.14. The van der Waals surface area contributed by atoms with Gasteiger partial charge in [0, 0.05) is 15.4 Å². The van der Waals surface area contributed by atoms with Gasteiger partial charge < -0.3 is 0 Å². The maximum atomic E-state index is 10.7. The van der Waals surface area contributed by atoms with Crippen molar-refractivity contribution in [2.75, 3.05) is 11.5 Å². The van der Waals surface area contributed by atoms with Crippen molar-refractivity contribution >= 4 is 47.1 Å². The van der Waals surface area contributed by atoms with Crippen LogP contribution in [0.3, 0.4) is 0 Å². The Bertz CT molecular complexity index is 529. The molecule has 0 aliphatic rings. The van der Waals surface area contributed by atoms with E-state index in [1.807, 2.05) is 26.8 Å². The van der Waals surface area contributed by atoms with E-state index in [1.165, 1.54) is 0 Å². The number of nitrogens with zero attached hydrogens (tertiary/aromatic N) is 2. The van der Waals surface area contributed by atoms with Crippen molar-refractivity contribution < 1.29 is 9.59 Å². The van der Waals surface area contributed by atoms with Gasteiger partial charge in [0.15, 0.2) is 0 Å². The smallest absolute Gasteiger partial charge is 0.211 e. The van der Waals surface area contributed by atoms with E-state index in [9.17, 15) is 9.59 Å². The van der Waals surface area contributed by atoms with Gasteiger partial charge in [0.05, 0.1) is 11.4 Å². The van der Waals surface area contributed by atoms with Crippen LogP contribution in [0.15, 0.2) is 25.8 Å². The minimum atomic E-state index is 0.573. The summed E-state index contributed by atoms with van der Waals surface area (Å²) in [5.41, 5.74) is 1.94. The number of aliphatic imine (C=N–C) groups is 2. The normalized spacial score (nSPS) is 9.75. The van der Waals surface area contributed by atoms with E-state index in [-0.39, 0.29) is 0 Å². The molecule has 0 saturated carbocycles. The average Bonchev–Trinajstić information content (AvgIpc) is 2.44. The summed E-state index contributed by atoms with van der Waals surface area (Å²) in [6.45, 7) is 6.02. The topological polar surface area (TPSA) is 58.9 Å². The first-order chi connectivity index (χ1) is 9.73. The molecule has 0 atom stereocenters. The number of carbonyl (C=O) groups excluding carboxylic acids is 2. The van der Waals surface area contributed by atoms with Gasteiger partial charge in [-0.25, -0.2) is 9.59 Å². The second-order valence-electron chi connectivity index (χ2n) is 3.67. The highest BCUT2D eigenvalue weighted by atomic mass is 32.2. The highest BCUT2D eigenvalue weighted by Crippen LogP contribution is 2.44. The van der Waals surface area contributed by atoms with E-state index < -0.39 is 0 Å². The zero-order valence-electron chi connectivity index (χ0n) is 11.7. The SMILES string of the molecule is CCSc1cc(SCC)c(N=C=O)c(CC)c1N=C=O. The fraction of sp³-hybridized carbons (Fsp3) is 0.429. The van der Waals surface area contributed by atoms with Crippen LogP contribution in [0.1, 0.15) is 26.3 Å². The maximum Gasteiger partial charge on any atom is 0.240 e. The highest BCUT2D eigenvalue weighted by molar-refractivity contribution is 8.00. The average molecular weight is 308 g/mol. The van der Waals surface area contributed by atoms with Crippen LogP contribution in [0, 0.1) is 0 Å². The van der Waals surface area contributed by atoms with Crippen LogP contribution in [0.4, 0.5) is 11.4 Å². The molecule has 20 heavy (non-hydrogen) atoms. The van der Waals surface area contributed by atoms with Gasteiger partial charge >= 0.3 is 0 Å². The molecule has 0 N–H and O–H groups in total. The molecule has 6 heteroatoms. The molecular formula is C14H16N2O2S2. The van der Waals surface area contributed by atoms with Gasteiger partial charge in [-0.15, -0.1) is 23.5 Å². The second-order valence-corrected chi connectivity index (χ2v) is 6.29. The Balaban J connectivity index is 3.67. The molecule has 0 bridgehead atoms. The zero-order chi connectivity index (χ0) is 15.0. The molecule has 0 aliphatic heterocycles. The molecule has 0 unspecified atom stereocenters. The lowest BCUT2D eigenvalue weighted by molar-refractivity contribution is 0.564. The second kappa shape index (κ2) is 8.77. The molecule has 0 amide bonds. The van der Waals surface area contributed by atoms with Crippen LogP contribution >= 0.6 is 23.5 Å². The van der Waals surface area contributed by atoms with Crippen LogP contribution in [0.25, 0.3) is 0 Å². The van der Waals surface area contributed by atoms with E-state index >= 15 is 0 Å². The van der Waals surface area contributed by atoms with Gasteiger partial charge in [0.25, 0.3) is 0 Å². The Morgan fingerprint density at radius 1 is 0.950 bits per heavy atom. The van der Waals surface area contributed by atoms with Crippen molar-refractivity contribution in [3.8, 4) is 0 Å². The minimum Gasteiger partial charge on any atom is -0.211 e. The molecule has 106 valence electrons. The molecule has 0 radical (unpaired) electrons. The van der Waals surface area contributed by atoms with Crippen LogP contribution in [0.5, 0.6) is 0 Å². The van der Waals surface area contributed by atoms with E-state index in [2.05, 4.69) is 9.98 Å². The fourth-order valence-electron chi connectivity index (χ4n) is 1.87. The van der Waals surface area contributed by atoms with Crippen molar-refractivity contribution in [1.29, 1.82) is 0 Å². The van der Waals surface area contributed by atoms with Gasteiger partial charge in [-0.3, -0.25) is 0 Å². The van der Waals surface area contributed by atoms with Crippen LogP contribution in [0.2, 0.25) is 0 Å². The molecule has 1 aromatic rings. The number of hydrogen-bond acceptors (Lipinski definition) is 6. The Morgan fingerprint density at radius 3 is 1.70 bits per heavy atom. The number of isocyanates is 2. The van der Waals surface area contributed by atoms with Crippen LogP contribution < -0.4 is 0 Å². The molecular weight excluding hydrogens is 292 g/mol. The van der Waals surface area contributed by atoms with E-state index in [0.717, 1.165) is 26.9 Å². The van der Waals surface area contributed by atoms with Gasteiger partial charge in [-0.2, -0.15) is 9.98 Å². The van der Waals surface area contributed by atoms with Gasteiger partial charge in [-0.05, 0) is 24.0 Å². The monoisotopic (exact) mass is 308 g/mol. The standard InChI is InChI=1S/C14H16N2O2S2/c1-4-10-13(15-8-17)11(19-5-2)7-12(20-6-3)14(10)16-9-18/h7H,4-6H2,1-3H3. The van der Waals surface area contributed by atoms with E-state index in [4.69, 9.17) is 0 Å². The quantitative estimate of drug-likeness (QED) is 0.425. The lowest BCUT2D eigenvalue weighted by Crippen LogP contribution is -1.90. The highest BCUT2D eigenvalue weighted by Gasteiger charge is 2.17. The lowest BCUT2D eigenvalue weighted by atomic mass is 10.1. The largest absolute Gasteiger partial charge is 0.240 e. The maximum absolute atomic E-state index is 10.7. The first kappa shape index (κ1) is 16.7.